The summed E-state index contributed by atoms with van der Waals surface area (Å²) in [5.74, 6) is -7.06. The number of hydroxylamine groups is 6. The Morgan fingerprint density at radius 2 is 0.615 bits per heavy atom. The van der Waals surface area contributed by atoms with Crippen LogP contribution in [0.5, 0.6) is 0 Å². The fourth-order valence-electron chi connectivity index (χ4n) is 4.37. The molecule has 1 aliphatic heterocycles. The van der Waals surface area contributed by atoms with Gasteiger partial charge in [-0.05, 0) is 41.5 Å². The molecule has 18 nitrogen and oxygen atoms in total. The van der Waals surface area contributed by atoms with E-state index in [-0.39, 0.29) is 39.6 Å². The van der Waals surface area contributed by atoms with Crippen molar-refractivity contribution in [3.8, 4) is 0 Å². The van der Waals surface area contributed by atoms with Crippen LogP contribution in [0.3, 0.4) is 0 Å². The van der Waals surface area contributed by atoms with Crippen LogP contribution < -0.4 is 0 Å². The molecule has 0 aliphatic carbocycles. The van der Waals surface area contributed by atoms with Gasteiger partial charge in [0.25, 0.3) is 0 Å². The number of nitrogens with zero attached hydrogens (tertiary/aromatic N) is 6. The van der Waals surface area contributed by atoms with Gasteiger partial charge in [-0.15, -0.1) is 0 Å². The Labute approximate surface area is 229 Å². The van der Waals surface area contributed by atoms with E-state index in [1.807, 2.05) is 0 Å². The van der Waals surface area contributed by atoms with Crippen LogP contribution >= 0.6 is 0 Å². The molecule has 6 N–H and O–H groups in total. The monoisotopic (exact) mass is 576 g/mol. The second-order valence-corrected chi connectivity index (χ2v) is 7.63. The first-order valence-electron chi connectivity index (χ1n) is 12.9. The summed E-state index contributed by atoms with van der Waals surface area (Å²) < 4.78 is 18.7. The number of aliphatic hydroxyl groups excluding tert-OH is 6. The Bertz CT molecular complexity index is 561. The topological polar surface area (TPSA) is 196 Å². The number of hydrogen-bond acceptors (Lipinski definition) is 18. The Morgan fingerprint density at radius 3 is 0.744 bits per heavy atom. The zero-order valence-corrected chi connectivity index (χ0v) is 23.8. The highest BCUT2D eigenvalue weighted by molar-refractivity contribution is 4.96. The molecule has 1 rings (SSSR count). The van der Waals surface area contributed by atoms with Crippen molar-refractivity contribution in [2.75, 3.05) is 80.0 Å². The summed E-state index contributed by atoms with van der Waals surface area (Å²) in [5.41, 5.74) is 0. The molecule has 0 aromatic carbocycles. The summed E-state index contributed by atoms with van der Waals surface area (Å²) in [4.78, 5) is 21.1. The van der Waals surface area contributed by atoms with E-state index in [2.05, 4.69) is 0 Å². The van der Waals surface area contributed by atoms with E-state index >= 15 is 0 Å². The van der Waals surface area contributed by atoms with Crippen molar-refractivity contribution in [1.82, 2.24) is 29.9 Å². The zero-order chi connectivity index (χ0) is 29.7. The first kappa shape index (κ1) is 36.3. The standard InChI is InChI=1S/C21H48N6O12/c1-7-34-19(22(13-28)14-29)25(37-10-4)20(35-8-2,23(15-30)16-31)27(39-12-6)21(36-9-3,24(17-32)18-33)26(19)38-11-5/h28-33H,7-18H2,1-6H3. The number of rotatable bonds is 21. The molecule has 39 heavy (non-hydrogen) atoms. The summed E-state index contributed by atoms with van der Waals surface area (Å²) >= 11 is 0. The molecule has 0 unspecified atom stereocenters. The van der Waals surface area contributed by atoms with Gasteiger partial charge < -0.3 is 44.8 Å². The van der Waals surface area contributed by atoms with Crippen molar-refractivity contribution >= 4 is 0 Å². The zero-order valence-electron chi connectivity index (χ0n) is 23.8. The lowest BCUT2D eigenvalue weighted by Gasteiger charge is -2.69. The molecular weight excluding hydrogens is 528 g/mol. The van der Waals surface area contributed by atoms with Gasteiger partial charge in [0.1, 0.15) is 40.4 Å². The van der Waals surface area contributed by atoms with Crippen LogP contribution in [0, 0.1) is 0 Å². The Balaban J connectivity index is 4.62. The molecule has 0 atom stereocenters. The van der Waals surface area contributed by atoms with E-state index in [1.165, 1.54) is 0 Å². The fourth-order valence-corrected chi connectivity index (χ4v) is 4.37. The van der Waals surface area contributed by atoms with E-state index in [0.717, 1.165) is 29.9 Å². The minimum Gasteiger partial charge on any atom is -0.381 e. The molecule has 0 saturated carbocycles. The maximum Gasteiger partial charge on any atom is 0.301 e. The summed E-state index contributed by atoms with van der Waals surface area (Å²) in [5, 5.41) is 65.9. The maximum absolute atomic E-state index is 10.5. The van der Waals surface area contributed by atoms with Crippen molar-refractivity contribution in [3.05, 3.63) is 0 Å². The smallest absolute Gasteiger partial charge is 0.301 e. The van der Waals surface area contributed by atoms with Gasteiger partial charge in [-0.1, -0.05) is 15.2 Å². The van der Waals surface area contributed by atoms with Crippen LogP contribution in [0.1, 0.15) is 41.5 Å². The third-order valence-electron chi connectivity index (χ3n) is 5.64. The quantitative estimate of drug-likeness (QED) is 0.0772. The lowest BCUT2D eigenvalue weighted by atomic mass is 10.3. The van der Waals surface area contributed by atoms with E-state index in [9.17, 15) is 30.6 Å². The summed E-state index contributed by atoms with van der Waals surface area (Å²) in [6.45, 7) is 4.09. The van der Waals surface area contributed by atoms with Crippen molar-refractivity contribution in [2.24, 2.45) is 0 Å². The summed E-state index contributed by atoms with van der Waals surface area (Å²) in [7, 11) is 0. The minimum atomic E-state index is -2.35. The van der Waals surface area contributed by atoms with Gasteiger partial charge in [-0.25, -0.2) is 0 Å². The van der Waals surface area contributed by atoms with Crippen LogP contribution in [-0.4, -0.2) is 158 Å². The molecule has 0 spiro atoms. The van der Waals surface area contributed by atoms with Crippen molar-refractivity contribution < 1.29 is 59.4 Å². The first-order chi connectivity index (χ1) is 18.8. The predicted octanol–water partition coefficient (Wildman–Crippen LogP) is -2.69. The lowest BCUT2D eigenvalue weighted by Crippen LogP contribution is -2.95. The molecule has 0 aromatic rings. The van der Waals surface area contributed by atoms with Gasteiger partial charge in [0.15, 0.2) is 0 Å². The third-order valence-corrected chi connectivity index (χ3v) is 5.64. The van der Waals surface area contributed by atoms with E-state index in [1.54, 1.807) is 41.5 Å². The van der Waals surface area contributed by atoms with Gasteiger partial charge in [-0.2, -0.15) is 14.7 Å². The Hall–Kier alpha value is -0.720. The second-order valence-electron chi connectivity index (χ2n) is 7.63. The Kier molecular flexibility index (Phi) is 16.1. The number of hydrogen-bond donors (Lipinski definition) is 6. The van der Waals surface area contributed by atoms with Gasteiger partial charge in [0.2, 0.25) is 0 Å². The van der Waals surface area contributed by atoms with Crippen LogP contribution in [-0.2, 0) is 28.7 Å². The first-order valence-corrected chi connectivity index (χ1v) is 12.9. The van der Waals surface area contributed by atoms with Crippen molar-refractivity contribution in [2.45, 2.75) is 59.5 Å². The summed E-state index contributed by atoms with van der Waals surface area (Å²) in [6, 6.07) is 0. The van der Waals surface area contributed by atoms with Gasteiger partial charge in [-0.3, -0.25) is 14.5 Å². The fraction of sp³-hybridized carbons (Fsp3) is 1.00. The Morgan fingerprint density at radius 1 is 0.410 bits per heavy atom. The van der Waals surface area contributed by atoms with Gasteiger partial charge in [0.05, 0.1) is 19.8 Å². The highest BCUT2D eigenvalue weighted by atomic mass is 16.9. The average Bonchev–Trinajstić information content (AvgIpc) is 2.93. The molecule has 0 aromatic heterocycles. The van der Waals surface area contributed by atoms with Crippen LogP contribution in [0.4, 0.5) is 0 Å². The van der Waals surface area contributed by atoms with E-state index in [4.69, 9.17) is 28.7 Å². The SMILES string of the molecule is CCON1C(OCC)(N(CO)CO)N(OCC)C(OCC)(N(CO)CO)N(OCC)C1(OCC)N(CO)CO. The van der Waals surface area contributed by atoms with E-state index < -0.39 is 58.3 Å². The van der Waals surface area contributed by atoms with Crippen molar-refractivity contribution in [1.29, 1.82) is 0 Å². The molecule has 0 radical (unpaired) electrons. The molecule has 1 saturated heterocycles. The maximum atomic E-state index is 10.5. The highest BCUT2D eigenvalue weighted by Gasteiger charge is 2.79. The van der Waals surface area contributed by atoms with Crippen LogP contribution in [0.15, 0.2) is 0 Å². The van der Waals surface area contributed by atoms with Crippen LogP contribution in [0.25, 0.3) is 0 Å². The normalized spacial score (nSPS) is 27.5. The number of aliphatic hydroxyl groups is 6. The van der Waals surface area contributed by atoms with Gasteiger partial charge >= 0.3 is 17.9 Å². The van der Waals surface area contributed by atoms with Gasteiger partial charge in [0, 0.05) is 19.8 Å². The molecule has 234 valence electrons. The predicted molar refractivity (Wildman–Crippen MR) is 131 cm³/mol. The molecule has 18 heteroatoms. The van der Waals surface area contributed by atoms with E-state index in [0.29, 0.717) is 0 Å². The summed E-state index contributed by atoms with van der Waals surface area (Å²) in [6.07, 6.45) is 0. The average molecular weight is 577 g/mol. The van der Waals surface area contributed by atoms with Crippen LogP contribution in [0.2, 0.25) is 0 Å². The number of ether oxygens (including phenoxy) is 3. The molecule has 0 amide bonds. The molecule has 1 heterocycles. The largest absolute Gasteiger partial charge is 0.381 e. The lowest BCUT2D eigenvalue weighted by molar-refractivity contribution is -0.686. The molecule has 1 aliphatic rings. The second kappa shape index (κ2) is 17.3. The molecule has 1 fully saturated rings. The molecular formula is C21H48N6O12. The highest BCUT2D eigenvalue weighted by Crippen LogP contribution is 2.51. The molecule has 0 bridgehead atoms. The minimum absolute atomic E-state index is 0.0652. The van der Waals surface area contributed by atoms with Crippen molar-refractivity contribution in [3.63, 3.8) is 0 Å². The third kappa shape index (κ3) is 6.23.